The standard InChI is InChI=1S/C10H11FN4/c1-7(2)8-3-4-9(14-10(8)11)15-6-12-5-13-15/h3-7H,1-2H3. The summed E-state index contributed by atoms with van der Waals surface area (Å²) in [6, 6.07) is 3.46. The molecule has 0 N–H and O–H groups in total. The highest BCUT2D eigenvalue weighted by Gasteiger charge is 2.09. The number of aromatic nitrogens is 4. The SMILES string of the molecule is CC(C)c1ccc(-n2cncn2)nc1F. The van der Waals surface area contributed by atoms with Gasteiger partial charge in [0.1, 0.15) is 12.7 Å². The van der Waals surface area contributed by atoms with Crippen molar-refractivity contribution in [1.82, 2.24) is 19.7 Å². The van der Waals surface area contributed by atoms with Crippen LogP contribution in [0, 0.1) is 5.95 Å². The van der Waals surface area contributed by atoms with E-state index in [2.05, 4.69) is 15.1 Å². The second kappa shape index (κ2) is 3.76. The minimum absolute atomic E-state index is 0.127. The molecule has 0 radical (unpaired) electrons. The maximum Gasteiger partial charge on any atom is 0.218 e. The Kier molecular flexibility index (Phi) is 2.45. The summed E-state index contributed by atoms with van der Waals surface area (Å²) in [5.41, 5.74) is 0.610. The first kappa shape index (κ1) is 9.76. The van der Waals surface area contributed by atoms with Gasteiger partial charge in [0.2, 0.25) is 5.95 Å². The zero-order valence-electron chi connectivity index (χ0n) is 8.55. The van der Waals surface area contributed by atoms with Crippen LogP contribution in [0.2, 0.25) is 0 Å². The van der Waals surface area contributed by atoms with E-state index in [1.807, 2.05) is 13.8 Å². The van der Waals surface area contributed by atoms with Crippen molar-refractivity contribution in [2.45, 2.75) is 19.8 Å². The van der Waals surface area contributed by atoms with Crippen molar-refractivity contribution in [2.24, 2.45) is 0 Å². The lowest BCUT2D eigenvalue weighted by molar-refractivity contribution is 0.551. The van der Waals surface area contributed by atoms with Crippen molar-refractivity contribution in [3.8, 4) is 5.82 Å². The molecule has 0 aromatic carbocycles. The van der Waals surface area contributed by atoms with Gasteiger partial charge in [0, 0.05) is 5.56 Å². The molecule has 2 heterocycles. The third-order valence-electron chi connectivity index (χ3n) is 2.14. The Labute approximate surface area is 86.8 Å². The fourth-order valence-electron chi connectivity index (χ4n) is 1.32. The minimum Gasteiger partial charge on any atom is -0.223 e. The maximum absolute atomic E-state index is 13.5. The summed E-state index contributed by atoms with van der Waals surface area (Å²) in [5, 5.41) is 3.88. The van der Waals surface area contributed by atoms with E-state index >= 15 is 0 Å². The molecule has 2 aromatic rings. The Balaban J connectivity index is 2.42. The first-order valence-corrected chi connectivity index (χ1v) is 4.70. The Morgan fingerprint density at radius 2 is 2.13 bits per heavy atom. The molecule has 2 aromatic heterocycles. The van der Waals surface area contributed by atoms with Crippen LogP contribution in [-0.4, -0.2) is 19.7 Å². The van der Waals surface area contributed by atoms with E-state index in [0.717, 1.165) is 0 Å². The van der Waals surface area contributed by atoms with Gasteiger partial charge in [0.25, 0.3) is 0 Å². The van der Waals surface area contributed by atoms with Crippen molar-refractivity contribution in [1.29, 1.82) is 0 Å². The second-order valence-electron chi connectivity index (χ2n) is 3.54. The van der Waals surface area contributed by atoms with Gasteiger partial charge in [-0.15, -0.1) is 0 Å². The average Bonchev–Trinajstić information content (AvgIpc) is 2.69. The smallest absolute Gasteiger partial charge is 0.218 e. The van der Waals surface area contributed by atoms with E-state index in [9.17, 15) is 4.39 Å². The highest BCUT2D eigenvalue weighted by molar-refractivity contribution is 5.26. The summed E-state index contributed by atoms with van der Waals surface area (Å²) >= 11 is 0. The second-order valence-corrected chi connectivity index (χ2v) is 3.54. The molecule has 0 atom stereocenters. The molecule has 0 bridgehead atoms. The number of hydrogen-bond donors (Lipinski definition) is 0. The van der Waals surface area contributed by atoms with Crippen LogP contribution in [0.1, 0.15) is 25.3 Å². The molecule has 0 saturated carbocycles. The summed E-state index contributed by atoms with van der Waals surface area (Å²) in [6.07, 6.45) is 2.87. The van der Waals surface area contributed by atoms with E-state index in [-0.39, 0.29) is 5.92 Å². The van der Waals surface area contributed by atoms with Crippen molar-refractivity contribution >= 4 is 0 Å². The lowest BCUT2D eigenvalue weighted by Gasteiger charge is -2.07. The molecular weight excluding hydrogens is 195 g/mol. The van der Waals surface area contributed by atoms with Crippen molar-refractivity contribution in [3.05, 3.63) is 36.3 Å². The van der Waals surface area contributed by atoms with Gasteiger partial charge in [0.15, 0.2) is 5.82 Å². The minimum atomic E-state index is -0.446. The van der Waals surface area contributed by atoms with Gasteiger partial charge >= 0.3 is 0 Å². The highest BCUT2D eigenvalue weighted by Crippen LogP contribution is 2.17. The van der Waals surface area contributed by atoms with Gasteiger partial charge in [0.05, 0.1) is 0 Å². The molecule has 0 amide bonds. The van der Waals surface area contributed by atoms with Crippen LogP contribution in [0.25, 0.3) is 5.82 Å². The van der Waals surface area contributed by atoms with Crippen LogP contribution < -0.4 is 0 Å². The number of nitrogens with zero attached hydrogens (tertiary/aromatic N) is 4. The van der Waals surface area contributed by atoms with Gasteiger partial charge in [-0.05, 0) is 12.0 Å². The normalized spacial score (nSPS) is 10.9. The van der Waals surface area contributed by atoms with E-state index in [1.165, 1.54) is 17.3 Å². The maximum atomic E-state index is 13.5. The van der Waals surface area contributed by atoms with E-state index in [0.29, 0.717) is 11.4 Å². The van der Waals surface area contributed by atoms with Gasteiger partial charge < -0.3 is 0 Å². The van der Waals surface area contributed by atoms with Crippen molar-refractivity contribution < 1.29 is 4.39 Å². The summed E-state index contributed by atoms with van der Waals surface area (Å²) < 4.78 is 14.9. The summed E-state index contributed by atoms with van der Waals surface area (Å²) in [7, 11) is 0. The molecule has 0 aliphatic rings. The Morgan fingerprint density at radius 1 is 1.33 bits per heavy atom. The third kappa shape index (κ3) is 1.86. The summed E-state index contributed by atoms with van der Waals surface area (Å²) in [6.45, 7) is 3.85. The molecule has 2 rings (SSSR count). The molecule has 0 aliphatic heterocycles. The van der Waals surface area contributed by atoms with Crippen LogP contribution in [-0.2, 0) is 0 Å². The molecule has 5 heteroatoms. The average molecular weight is 206 g/mol. The van der Waals surface area contributed by atoms with Crippen LogP contribution in [0.3, 0.4) is 0 Å². The predicted molar refractivity (Wildman–Crippen MR) is 53.2 cm³/mol. The molecular formula is C10H11FN4. The first-order chi connectivity index (χ1) is 7.18. The van der Waals surface area contributed by atoms with Crippen LogP contribution in [0.4, 0.5) is 4.39 Å². The molecule has 0 aliphatic carbocycles. The third-order valence-corrected chi connectivity index (χ3v) is 2.14. The van der Waals surface area contributed by atoms with Gasteiger partial charge in [-0.1, -0.05) is 19.9 Å². The molecule has 15 heavy (non-hydrogen) atoms. The fraction of sp³-hybridized carbons (Fsp3) is 0.300. The molecule has 0 fully saturated rings. The molecule has 0 spiro atoms. The molecule has 0 unspecified atom stereocenters. The van der Waals surface area contributed by atoms with Crippen molar-refractivity contribution in [3.63, 3.8) is 0 Å². The van der Waals surface area contributed by atoms with E-state index < -0.39 is 5.95 Å². The first-order valence-electron chi connectivity index (χ1n) is 4.70. The number of rotatable bonds is 2. The van der Waals surface area contributed by atoms with E-state index in [1.54, 1.807) is 12.1 Å². The van der Waals surface area contributed by atoms with Crippen LogP contribution in [0.5, 0.6) is 0 Å². The van der Waals surface area contributed by atoms with Gasteiger partial charge in [-0.3, -0.25) is 0 Å². The van der Waals surface area contributed by atoms with Crippen molar-refractivity contribution in [2.75, 3.05) is 0 Å². The zero-order chi connectivity index (χ0) is 10.8. The van der Waals surface area contributed by atoms with Crippen LogP contribution >= 0.6 is 0 Å². The Hall–Kier alpha value is -1.78. The Morgan fingerprint density at radius 3 is 2.67 bits per heavy atom. The monoisotopic (exact) mass is 206 g/mol. The predicted octanol–water partition coefficient (Wildman–Crippen LogP) is 1.92. The quantitative estimate of drug-likeness (QED) is 0.705. The number of hydrogen-bond acceptors (Lipinski definition) is 3. The van der Waals surface area contributed by atoms with Crippen LogP contribution in [0.15, 0.2) is 24.8 Å². The Bertz CT molecular complexity index is 450. The van der Waals surface area contributed by atoms with E-state index in [4.69, 9.17) is 0 Å². The molecule has 4 nitrogen and oxygen atoms in total. The number of pyridine rings is 1. The lowest BCUT2D eigenvalue weighted by Crippen LogP contribution is -2.03. The molecule has 78 valence electrons. The fourth-order valence-corrected chi connectivity index (χ4v) is 1.32. The van der Waals surface area contributed by atoms with Gasteiger partial charge in [-0.25, -0.2) is 9.67 Å². The van der Waals surface area contributed by atoms with Gasteiger partial charge in [-0.2, -0.15) is 14.5 Å². The lowest BCUT2D eigenvalue weighted by atomic mass is 10.1. The summed E-state index contributed by atoms with van der Waals surface area (Å²) in [5.74, 6) is 0.120. The summed E-state index contributed by atoms with van der Waals surface area (Å²) in [4.78, 5) is 7.61. The topological polar surface area (TPSA) is 43.6 Å². The number of halogens is 1. The highest BCUT2D eigenvalue weighted by atomic mass is 19.1. The largest absolute Gasteiger partial charge is 0.223 e. The molecule has 0 saturated heterocycles. The zero-order valence-corrected chi connectivity index (χ0v) is 8.55.